The molecule has 0 bridgehead atoms. The molecule has 1 saturated heterocycles. The molecule has 6 heteroatoms. The van der Waals surface area contributed by atoms with Gasteiger partial charge >= 0.3 is 0 Å². The highest BCUT2D eigenvalue weighted by atomic mass is 32.2. The molecule has 3 N–H and O–H groups in total. The predicted octanol–water partition coefficient (Wildman–Crippen LogP) is 1.98. The Morgan fingerprint density at radius 1 is 1.56 bits per heavy atom. The molecule has 5 nitrogen and oxygen atoms in total. The number of rotatable bonds is 5. The number of nitrogen functional groups attached to an aromatic ring is 1. The Morgan fingerprint density at radius 3 is 3.00 bits per heavy atom. The van der Waals surface area contributed by atoms with Crippen molar-refractivity contribution in [2.45, 2.75) is 49.5 Å². The Bertz CT molecular complexity index is 402. The van der Waals surface area contributed by atoms with Gasteiger partial charge in [0.25, 0.3) is 0 Å². The van der Waals surface area contributed by atoms with E-state index in [1.807, 2.05) is 0 Å². The van der Waals surface area contributed by atoms with E-state index in [4.69, 9.17) is 10.6 Å². The van der Waals surface area contributed by atoms with E-state index >= 15 is 0 Å². The van der Waals surface area contributed by atoms with E-state index in [2.05, 4.69) is 29.2 Å². The largest absolute Gasteiger partial charge is 0.377 e. The van der Waals surface area contributed by atoms with Gasteiger partial charge in [-0.25, -0.2) is 15.8 Å². The summed E-state index contributed by atoms with van der Waals surface area (Å²) in [5, 5.41) is 1.50. The molecule has 0 saturated carbocycles. The number of nitrogens with zero attached hydrogens (tertiary/aromatic N) is 2. The van der Waals surface area contributed by atoms with Gasteiger partial charge < -0.3 is 10.2 Å². The van der Waals surface area contributed by atoms with E-state index in [1.165, 1.54) is 0 Å². The first-order chi connectivity index (χ1) is 8.76. The Morgan fingerprint density at radius 2 is 2.39 bits per heavy atom. The maximum atomic E-state index is 5.59. The molecule has 2 heterocycles. The number of hydrogen-bond donors (Lipinski definition) is 2. The van der Waals surface area contributed by atoms with E-state index in [-0.39, 0.29) is 6.10 Å². The number of hydrazine groups is 1. The lowest BCUT2D eigenvalue weighted by Gasteiger charge is -2.16. The smallest absolute Gasteiger partial charge is 0.147 e. The number of nitrogens with one attached hydrogen (secondary N) is 1. The fraction of sp³-hybridized carbons (Fsp3) is 0.667. The Balaban J connectivity index is 2.20. The molecule has 0 amide bonds. The molecule has 0 aliphatic carbocycles. The fourth-order valence-corrected chi connectivity index (χ4v) is 3.33. The molecule has 1 aliphatic heterocycles. The van der Waals surface area contributed by atoms with E-state index in [1.54, 1.807) is 18.1 Å². The standard InChI is InChI=1S/C12H20N4OS/c1-3-4-9-11(16-13)14-7-15-12(9)18-10-5-6-17-8(10)2/h7-8,10H,3-6,13H2,1-2H3,(H,14,15,16). The lowest BCUT2D eigenvalue weighted by atomic mass is 10.2. The van der Waals surface area contributed by atoms with Crippen LogP contribution in [0.3, 0.4) is 0 Å². The molecule has 1 fully saturated rings. The van der Waals surface area contributed by atoms with Crippen LogP contribution in [0.4, 0.5) is 5.82 Å². The van der Waals surface area contributed by atoms with Gasteiger partial charge in [-0.15, -0.1) is 0 Å². The van der Waals surface area contributed by atoms with Crippen molar-refractivity contribution >= 4 is 17.6 Å². The van der Waals surface area contributed by atoms with Crippen LogP contribution < -0.4 is 11.3 Å². The highest BCUT2D eigenvalue weighted by molar-refractivity contribution is 8.00. The monoisotopic (exact) mass is 268 g/mol. The van der Waals surface area contributed by atoms with Gasteiger partial charge in [0.1, 0.15) is 17.2 Å². The molecular formula is C12H20N4OS. The predicted molar refractivity (Wildman–Crippen MR) is 73.5 cm³/mol. The minimum Gasteiger partial charge on any atom is -0.377 e. The van der Waals surface area contributed by atoms with Crippen LogP contribution in [0.2, 0.25) is 0 Å². The van der Waals surface area contributed by atoms with Crippen LogP contribution in [0.1, 0.15) is 32.3 Å². The molecule has 2 atom stereocenters. The summed E-state index contributed by atoms with van der Waals surface area (Å²) in [7, 11) is 0. The normalized spacial score (nSPS) is 23.3. The molecule has 2 rings (SSSR count). The molecule has 1 aliphatic rings. The van der Waals surface area contributed by atoms with Gasteiger partial charge in [0.05, 0.1) is 6.10 Å². The third-order valence-corrected chi connectivity index (χ3v) is 4.61. The lowest BCUT2D eigenvalue weighted by Crippen LogP contribution is -2.16. The van der Waals surface area contributed by atoms with Gasteiger partial charge in [0.2, 0.25) is 0 Å². The summed E-state index contributed by atoms with van der Waals surface area (Å²) < 4.78 is 5.59. The summed E-state index contributed by atoms with van der Waals surface area (Å²) in [6.45, 7) is 5.10. The van der Waals surface area contributed by atoms with Crippen LogP contribution >= 0.6 is 11.8 Å². The van der Waals surface area contributed by atoms with Crippen molar-refractivity contribution in [1.29, 1.82) is 0 Å². The maximum absolute atomic E-state index is 5.59. The highest BCUT2D eigenvalue weighted by Crippen LogP contribution is 2.35. The number of hydrogen-bond acceptors (Lipinski definition) is 6. The first-order valence-electron chi connectivity index (χ1n) is 6.35. The molecule has 0 spiro atoms. The van der Waals surface area contributed by atoms with Crippen LogP contribution in [0.25, 0.3) is 0 Å². The van der Waals surface area contributed by atoms with Gasteiger partial charge in [0.15, 0.2) is 0 Å². The van der Waals surface area contributed by atoms with Gasteiger partial charge in [-0.1, -0.05) is 25.1 Å². The zero-order valence-electron chi connectivity index (χ0n) is 10.8. The van der Waals surface area contributed by atoms with Crippen molar-refractivity contribution in [2.24, 2.45) is 5.84 Å². The van der Waals surface area contributed by atoms with Crippen LogP contribution in [-0.4, -0.2) is 27.9 Å². The first-order valence-corrected chi connectivity index (χ1v) is 7.23. The molecule has 0 radical (unpaired) electrons. The lowest BCUT2D eigenvalue weighted by molar-refractivity contribution is 0.127. The number of aromatic nitrogens is 2. The van der Waals surface area contributed by atoms with Crippen molar-refractivity contribution < 1.29 is 4.74 Å². The topological polar surface area (TPSA) is 73.1 Å². The fourth-order valence-electron chi connectivity index (χ4n) is 2.11. The molecule has 2 unspecified atom stereocenters. The maximum Gasteiger partial charge on any atom is 0.147 e. The summed E-state index contributed by atoms with van der Waals surface area (Å²) in [4.78, 5) is 8.58. The molecule has 100 valence electrons. The average Bonchev–Trinajstić information content (AvgIpc) is 2.77. The van der Waals surface area contributed by atoms with Gasteiger partial charge in [-0.2, -0.15) is 0 Å². The average molecular weight is 268 g/mol. The van der Waals surface area contributed by atoms with Crippen molar-refractivity contribution in [3.8, 4) is 0 Å². The molecule has 1 aromatic heterocycles. The summed E-state index contributed by atoms with van der Waals surface area (Å²) in [6, 6.07) is 0. The zero-order chi connectivity index (χ0) is 13.0. The number of nitrogens with two attached hydrogens (primary N) is 1. The van der Waals surface area contributed by atoms with Crippen LogP contribution in [0.15, 0.2) is 11.4 Å². The zero-order valence-corrected chi connectivity index (χ0v) is 11.7. The molecule has 18 heavy (non-hydrogen) atoms. The van der Waals surface area contributed by atoms with Gasteiger partial charge in [0, 0.05) is 17.4 Å². The second-order valence-electron chi connectivity index (χ2n) is 4.42. The third-order valence-electron chi connectivity index (χ3n) is 3.11. The van der Waals surface area contributed by atoms with E-state index < -0.39 is 0 Å². The summed E-state index contributed by atoms with van der Waals surface area (Å²) in [5.41, 5.74) is 3.78. The Kier molecular flexibility index (Phi) is 4.79. The SMILES string of the molecule is CCCc1c(NN)ncnc1SC1CCOC1C. The molecular weight excluding hydrogens is 248 g/mol. The van der Waals surface area contributed by atoms with Crippen molar-refractivity contribution in [3.63, 3.8) is 0 Å². The minimum absolute atomic E-state index is 0.286. The van der Waals surface area contributed by atoms with Gasteiger partial charge in [-0.05, 0) is 19.8 Å². The van der Waals surface area contributed by atoms with Crippen LogP contribution in [0, 0.1) is 0 Å². The van der Waals surface area contributed by atoms with Crippen LogP contribution in [0.5, 0.6) is 0 Å². The Hall–Kier alpha value is -0.850. The van der Waals surface area contributed by atoms with Crippen molar-refractivity contribution in [3.05, 3.63) is 11.9 Å². The number of thioether (sulfide) groups is 1. The van der Waals surface area contributed by atoms with Crippen molar-refractivity contribution in [2.75, 3.05) is 12.0 Å². The molecule has 1 aromatic rings. The highest BCUT2D eigenvalue weighted by Gasteiger charge is 2.27. The van der Waals surface area contributed by atoms with Crippen molar-refractivity contribution in [1.82, 2.24) is 9.97 Å². The quantitative estimate of drug-likeness (QED) is 0.483. The summed E-state index contributed by atoms with van der Waals surface area (Å²) >= 11 is 1.78. The molecule has 0 aromatic carbocycles. The van der Waals surface area contributed by atoms with E-state index in [9.17, 15) is 0 Å². The Labute approximate surface area is 112 Å². The summed E-state index contributed by atoms with van der Waals surface area (Å²) in [6.07, 6.45) is 4.91. The van der Waals surface area contributed by atoms with Gasteiger partial charge in [-0.3, -0.25) is 0 Å². The van der Waals surface area contributed by atoms with E-state index in [0.717, 1.165) is 42.3 Å². The van der Waals surface area contributed by atoms with Crippen LogP contribution in [-0.2, 0) is 11.2 Å². The second-order valence-corrected chi connectivity index (χ2v) is 5.65. The number of anilines is 1. The summed E-state index contributed by atoms with van der Waals surface area (Å²) in [5.74, 6) is 6.25. The second kappa shape index (κ2) is 6.36. The number of ether oxygens (including phenoxy) is 1. The third kappa shape index (κ3) is 2.93. The minimum atomic E-state index is 0.286. The first kappa shape index (κ1) is 13.6. The van der Waals surface area contributed by atoms with E-state index in [0.29, 0.717) is 5.25 Å².